The standard InChI is InChI=1S/C15H24N4O4S.C15H23N3O5S.2C12H18N2O5S.2C12H18N2O4S.C4H9N.C4H5N.2C4H4S/c1-2-3-4-18-12-9-11(15(20)21)10-13(24(16,22)23)14(12)19-7-5-17-6-8-19;1-2-3-4-17-12-9-11(15(19)20)10-13(24(16,21)22)14(12)18-5-7-23-8-6-18;2*1-3-4-5-14-9-6-8(12(15)16)7-10(11(9)19-2)20(13,17)18;2*1-3-4-5-14-10-6-9(12(15)16)7-11(8(10)2)19(13,17)18;4*1-2-4-5-3-1/h9-10,17-18H,2-8H2,1H3,(H,20,21)(H2,16,22,23);9-10,17H,2-8H2,1H3,(H,19,20)(H2,16,21,22);2*6-7,14H,3-5H2,1-2H3,(H,15,16)(H2,13,17,18);2*6-7,14H,3-5H2,1-2H3,(H,15,16)(H2,13,17,18);5H,1-4H2;1-5H;2*1-4H. The molecule has 0 atom stereocenters. The van der Waals surface area contributed by atoms with Crippen molar-refractivity contribution in [3.8, 4) is 11.5 Å². The van der Waals surface area contributed by atoms with Crippen LogP contribution in [0.2, 0.25) is 0 Å². The Morgan fingerprint density at radius 2 is 0.568 bits per heavy atom. The molecule has 0 unspecified atom stereocenters. The molecule has 12 rings (SSSR count). The Morgan fingerprint density at radius 1 is 0.336 bits per heavy atom. The molecule has 27 N–H and O–H groups in total. The molecule has 3 aliphatic rings. The van der Waals surface area contributed by atoms with Crippen LogP contribution in [-0.2, 0) is 64.9 Å². The van der Waals surface area contributed by atoms with Crippen molar-refractivity contribution < 1.29 is 124 Å². The largest absolute Gasteiger partial charge is 0.493 e. The molecule has 0 aliphatic carbocycles. The number of aromatic nitrogens is 1. The van der Waals surface area contributed by atoms with Gasteiger partial charge in [0.05, 0.1) is 105 Å². The van der Waals surface area contributed by atoms with Crippen molar-refractivity contribution >= 4 is 164 Å². The summed E-state index contributed by atoms with van der Waals surface area (Å²) < 4.78 is 156. The first-order valence-electron chi connectivity index (χ1n) is 46.4. The number of hydrogen-bond donors (Lipinski definition) is 21. The summed E-state index contributed by atoms with van der Waals surface area (Å²) in [4.78, 5) is 72.2. The fourth-order valence-electron chi connectivity index (χ4n) is 13.4. The molecule has 146 heavy (non-hydrogen) atoms. The minimum Gasteiger partial charge on any atom is -0.493 e. The number of carboxylic acids is 6. The third-order valence-corrected chi connectivity index (χ3v) is 27.9. The van der Waals surface area contributed by atoms with E-state index in [0.717, 1.165) is 127 Å². The maximum atomic E-state index is 12.1. The number of unbranched alkanes of at least 4 members (excludes halogenated alkanes) is 6. The Morgan fingerprint density at radius 3 is 0.788 bits per heavy atom. The average Bonchev–Trinajstić information content (AvgIpc) is 0.818. The Balaban J connectivity index is 0.000000432. The van der Waals surface area contributed by atoms with Crippen molar-refractivity contribution in [1.29, 1.82) is 0 Å². The molecule has 3 aromatic heterocycles. The number of benzene rings is 6. The third-order valence-electron chi connectivity index (χ3n) is 20.8. The molecule has 3 saturated heterocycles. The summed E-state index contributed by atoms with van der Waals surface area (Å²) in [7, 11) is -21.6. The maximum Gasteiger partial charge on any atom is 0.335 e. The predicted molar refractivity (Wildman–Crippen MR) is 571 cm³/mol. The van der Waals surface area contributed by atoms with Gasteiger partial charge in [0.25, 0.3) is 0 Å². The number of piperazine rings is 1. The number of anilines is 8. The fraction of sp³-hybridized carbons (Fsp3) is 0.426. The van der Waals surface area contributed by atoms with Gasteiger partial charge in [-0.25, -0.2) is 110 Å². The Hall–Kier alpha value is -11.8. The Bertz CT molecular complexity index is 5860. The molecule has 0 amide bonds. The Kier molecular flexibility index (Phi) is 57.7. The van der Waals surface area contributed by atoms with Crippen LogP contribution in [0.25, 0.3) is 0 Å². The van der Waals surface area contributed by atoms with E-state index in [1.165, 1.54) is 76.5 Å². The normalized spacial score (nSPS) is 12.7. The van der Waals surface area contributed by atoms with Crippen LogP contribution in [0.15, 0.2) is 172 Å². The second kappa shape index (κ2) is 65.7. The molecule has 9 aromatic rings. The first kappa shape index (κ1) is 128. The van der Waals surface area contributed by atoms with E-state index in [1.807, 2.05) is 122 Å². The molecule has 6 aromatic carbocycles. The highest BCUT2D eigenvalue weighted by Gasteiger charge is 2.31. The molecule has 52 heteroatoms. The molecule has 44 nitrogen and oxygen atoms in total. The highest BCUT2D eigenvalue weighted by atomic mass is 32.2. The molecule has 812 valence electrons. The number of carbonyl (C=O) groups is 6. The van der Waals surface area contributed by atoms with Crippen LogP contribution in [0, 0.1) is 13.8 Å². The molecule has 0 bridgehead atoms. The van der Waals surface area contributed by atoms with Gasteiger partial charge in [-0.3, -0.25) is 0 Å². The van der Waals surface area contributed by atoms with Crippen molar-refractivity contribution in [2.75, 3.05) is 161 Å². The van der Waals surface area contributed by atoms with Crippen LogP contribution in [-0.4, -0.2) is 241 Å². The summed E-state index contributed by atoms with van der Waals surface area (Å²) >= 11 is 3.43. The highest BCUT2D eigenvalue weighted by molar-refractivity contribution is 7.90. The number of thiophene rings is 2. The van der Waals surface area contributed by atoms with Crippen LogP contribution >= 0.6 is 22.7 Å². The number of nitrogens with one attached hydrogen (secondary N) is 9. The number of nitrogens with zero attached hydrogens (tertiary/aromatic N) is 2. The average molecular weight is 2200 g/mol. The van der Waals surface area contributed by atoms with Crippen LogP contribution in [0.4, 0.5) is 45.5 Å². The van der Waals surface area contributed by atoms with E-state index in [1.54, 1.807) is 36.5 Å². The molecule has 3 aliphatic heterocycles. The Labute approximate surface area is 863 Å². The van der Waals surface area contributed by atoms with Gasteiger partial charge in [-0.15, -0.1) is 0 Å². The zero-order valence-electron chi connectivity index (χ0n) is 83.5. The summed E-state index contributed by atoms with van der Waals surface area (Å²) in [5.74, 6) is -7.21. The molecule has 6 heterocycles. The van der Waals surface area contributed by atoms with Gasteiger partial charge in [0.1, 0.15) is 19.6 Å². The highest BCUT2D eigenvalue weighted by Crippen LogP contribution is 2.40. The smallest absolute Gasteiger partial charge is 0.335 e. The van der Waals surface area contributed by atoms with E-state index in [9.17, 15) is 89.5 Å². The second-order valence-corrected chi connectivity index (χ2v) is 43.0. The number of ether oxygens (including phenoxy) is 3. The van der Waals surface area contributed by atoms with Crippen LogP contribution in [0.5, 0.6) is 11.5 Å². The lowest BCUT2D eigenvalue weighted by Crippen LogP contribution is -2.44. The minimum atomic E-state index is -4.08. The lowest BCUT2D eigenvalue weighted by Gasteiger charge is -2.32. The zero-order valence-corrected chi connectivity index (χ0v) is 90.0. The minimum absolute atomic E-state index is 0.0219. The van der Waals surface area contributed by atoms with Gasteiger partial charge in [0, 0.05) is 102 Å². The third kappa shape index (κ3) is 46.1. The summed E-state index contributed by atoms with van der Waals surface area (Å²) in [6.07, 6.45) is 17.6. The van der Waals surface area contributed by atoms with Crippen LogP contribution in [0.1, 0.15) is 205 Å². The summed E-state index contributed by atoms with van der Waals surface area (Å²) in [6, 6.07) is 26.8. The van der Waals surface area contributed by atoms with Crippen LogP contribution in [0.3, 0.4) is 0 Å². The van der Waals surface area contributed by atoms with E-state index in [4.69, 9.17) is 65.5 Å². The van der Waals surface area contributed by atoms with Gasteiger partial charge in [-0.05, 0) is 196 Å². The van der Waals surface area contributed by atoms with Crippen molar-refractivity contribution in [2.45, 2.75) is 175 Å². The van der Waals surface area contributed by atoms with E-state index >= 15 is 0 Å². The zero-order chi connectivity index (χ0) is 110. The van der Waals surface area contributed by atoms with Crippen molar-refractivity contribution in [1.82, 2.24) is 15.6 Å². The number of H-pyrrole nitrogens is 1. The summed E-state index contributed by atoms with van der Waals surface area (Å²) in [5, 5.41) is 119. The number of sulfonamides is 6. The molecular formula is C94H141N17O27S8. The molecule has 3 fully saturated rings. The van der Waals surface area contributed by atoms with E-state index < -0.39 is 96.0 Å². The van der Waals surface area contributed by atoms with E-state index in [-0.39, 0.29) is 74.3 Å². The van der Waals surface area contributed by atoms with E-state index in [2.05, 4.69) is 47.5 Å². The predicted octanol–water partition coefficient (Wildman–Crippen LogP) is 12.2. The van der Waals surface area contributed by atoms with Gasteiger partial charge in [-0.2, -0.15) is 22.7 Å². The number of aromatic carboxylic acids is 6. The van der Waals surface area contributed by atoms with Crippen LogP contribution < -0.4 is 92.6 Å². The maximum absolute atomic E-state index is 12.1. The van der Waals surface area contributed by atoms with Gasteiger partial charge in [0.15, 0.2) is 11.5 Å². The monoisotopic (exact) mass is 2200 g/mol. The topological polar surface area (TPSA) is 731 Å². The first-order valence-corrected chi connectivity index (χ1v) is 57.6. The number of morpholine rings is 1. The molecule has 0 spiro atoms. The number of nitrogens with two attached hydrogens (primary N) is 6. The quantitative estimate of drug-likeness (QED) is 0.0159. The van der Waals surface area contributed by atoms with E-state index in [0.29, 0.717) is 135 Å². The van der Waals surface area contributed by atoms with Gasteiger partial charge >= 0.3 is 35.8 Å². The van der Waals surface area contributed by atoms with Crippen molar-refractivity contribution in [2.24, 2.45) is 30.8 Å². The number of rotatable bonds is 40. The summed E-state index contributed by atoms with van der Waals surface area (Å²) in [6.45, 7) is 26.1. The fourth-order valence-corrected chi connectivity index (χ4v) is 19.0. The lowest BCUT2D eigenvalue weighted by atomic mass is 10.1. The SMILES string of the molecule is C1CCNC1.CCCCNc1cc(C(=O)O)cc(S(N)(=O)=O)c1C.CCCCNc1cc(C(=O)O)cc(S(N)(=O)=O)c1C.CCCCNc1cc(C(=O)O)cc(S(N)(=O)=O)c1N1CCNCC1.CCCCNc1cc(C(=O)O)cc(S(N)(=O)=O)c1N1CCOCC1.CCCCNc1cc(C(=O)O)cc(S(N)(=O)=O)c1OC.CCCCNc1cc(C(=O)O)cc(S(N)(=O)=O)c1OC.c1cc[nH]c1.c1ccsc1.c1ccsc1. The van der Waals surface area contributed by atoms with Gasteiger partial charge < -0.3 is 102 Å². The molecule has 0 radical (unpaired) electrons. The second-order valence-electron chi connectivity index (χ2n) is 32.2. The summed E-state index contributed by atoms with van der Waals surface area (Å²) in [5.41, 5.74) is 3.50. The number of primary sulfonamides is 6. The first-order chi connectivity index (χ1) is 68.8. The number of carboxylic acid groups (broad SMARTS) is 6. The number of methoxy groups -OCH3 is 2. The lowest BCUT2D eigenvalue weighted by molar-refractivity contribution is 0.0685. The van der Waals surface area contributed by atoms with Crippen molar-refractivity contribution in [3.05, 3.63) is 188 Å². The van der Waals surface area contributed by atoms with Gasteiger partial charge in [0.2, 0.25) is 60.1 Å². The number of aromatic amines is 1. The molecule has 0 saturated carbocycles. The van der Waals surface area contributed by atoms with Gasteiger partial charge in [-0.1, -0.05) is 104 Å². The van der Waals surface area contributed by atoms with Crippen molar-refractivity contribution in [3.63, 3.8) is 0 Å². The molecular weight excluding hydrogens is 2060 g/mol. The number of hydrogen-bond acceptors (Lipinski definition) is 33.